The van der Waals surface area contributed by atoms with Gasteiger partial charge in [-0.05, 0) is 68.3 Å². The fraction of sp³-hybridized carbons (Fsp3) is 0.292. The molecule has 0 amide bonds. The van der Waals surface area contributed by atoms with Crippen molar-refractivity contribution in [3.05, 3.63) is 83.4 Å². The number of aromatic nitrogens is 2. The molecule has 0 saturated heterocycles. The minimum absolute atomic E-state index is 0.0372. The van der Waals surface area contributed by atoms with Gasteiger partial charge in [0.25, 0.3) is 0 Å². The summed E-state index contributed by atoms with van der Waals surface area (Å²) in [4.78, 5) is 2.44. The predicted molar refractivity (Wildman–Crippen MR) is 113 cm³/mol. The van der Waals surface area contributed by atoms with Crippen LogP contribution < -0.4 is 4.90 Å². The Kier molecular flexibility index (Phi) is 4.80. The molecule has 0 saturated carbocycles. The minimum atomic E-state index is -0.232. The highest BCUT2D eigenvalue weighted by molar-refractivity contribution is 5.61. The van der Waals surface area contributed by atoms with E-state index in [9.17, 15) is 4.39 Å². The van der Waals surface area contributed by atoms with Gasteiger partial charge in [-0.15, -0.1) is 0 Å². The third-order valence-electron chi connectivity index (χ3n) is 5.89. The summed E-state index contributed by atoms with van der Waals surface area (Å²) in [6.45, 7) is 8.67. The van der Waals surface area contributed by atoms with E-state index >= 15 is 0 Å². The lowest BCUT2D eigenvalue weighted by Crippen LogP contribution is -2.39. The molecule has 1 aliphatic carbocycles. The standard InChI is InChI=1S/C24H26FN3/c1-4-27(21-8-6-5-7-9-21)17-24(3)15-19-16-26-28(23(19)14-18(24)2)22-12-10-20(25)11-13-22/h5-14,16H,4,15,17H2,1-3H3. The topological polar surface area (TPSA) is 21.1 Å². The summed E-state index contributed by atoms with van der Waals surface area (Å²) in [7, 11) is 0. The second kappa shape index (κ2) is 7.27. The van der Waals surface area contributed by atoms with Crippen LogP contribution in [-0.4, -0.2) is 22.9 Å². The van der Waals surface area contributed by atoms with Crippen LogP contribution in [0, 0.1) is 11.2 Å². The summed E-state index contributed by atoms with van der Waals surface area (Å²) < 4.78 is 15.2. The molecule has 3 nitrogen and oxygen atoms in total. The van der Waals surface area contributed by atoms with Crippen LogP contribution in [0.5, 0.6) is 0 Å². The van der Waals surface area contributed by atoms with Gasteiger partial charge in [0.05, 0.1) is 17.6 Å². The lowest BCUT2D eigenvalue weighted by atomic mass is 9.73. The number of hydrogen-bond donors (Lipinski definition) is 0. The van der Waals surface area contributed by atoms with E-state index in [1.54, 1.807) is 12.1 Å². The summed E-state index contributed by atoms with van der Waals surface area (Å²) in [5.74, 6) is -0.232. The maximum absolute atomic E-state index is 13.3. The van der Waals surface area contributed by atoms with Crippen molar-refractivity contribution in [3.8, 4) is 5.69 Å². The van der Waals surface area contributed by atoms with Crippen LogP contribution in [0.15, 0.2) is 66.4 Å². The number of hydrogen-bond acceptors (Lipinski definition) is 2. The molecular weight excluding hydrogens is 349 g/mol. The Hall–Kier alpha value is -2.88. The van der Waals surface area contributed by atoms with E-state index in [4.69, 9.17) is 0 Å². The van der Waals surface area contributed by atoms with Gasteiger partial charge in [-0.25, -0.2) is 9.07 Å². The van der Waals surface area contributed by atoms with Gasteiger partial charge in [0.15, 0.2) is 0 Å². The largest absolute Gasteiger partial charge is 0.371 e. The van der Waals surface area contributed by atoms with Crippen molar-refractivity contribution in [2.75, 3.05) is 18.0 Å². The van der Waals surface area contributed by atoms with Crippen LogP contribution in [-0.2, 0) is 6.42 Å². The first-order chi connectivity index (χ1) is 13.5. The zero-order valence-electron chi connectivity index (χ0n) is 16.7. The van der Waals surface area contributed by atoms with Crippen LogP contribution in [0.4, 0.5) is 10.1 Å². The fourth-order valence-electron chi connectivity index (χ4n) is 4.04. The molecule has 1 aliphatic rings. The summed E-state index contributed by atoms with van der Waals surface area (Å²) in [6.07, 6.45) is 5.14. The average molecular weight is 375 g/mol. The van der Waals surface area contributed by atoms with Crippen LogP contribution in [0.25, 0.3) is 11.8 Å². The SMILES string of the molecule is CCN(CC1(C)Cc2cnn(-c3ccc(F)cc3)c2C=C1C)c1ccccc1. The number of halogens is 1. The van der Waals surface area contributed by atoms with Gasteiger partial charge in [-0.2, -0.15) is 5.10 Å². The molecule has 0 bridgehead atoms. The monoisotopic (exact) mass is 375 g/mol. The fourth-order valence-corrected chi connectivity index (χ4v) is 4.04. The summed E-state index contributed by atoms with van der Waals surface area (Å²) in [6, 6.07) is 17.1. The molecule has 1 aromatic heterocycles. The highest BCUT2D eigenvalue weighted by atomic mass is 19.1. The van der Waals surface area contributed by atoms with Crippen molar-refractivity contribution in [2.45, 2.75) is 27.2 Å². The van der Waals surface area contributed by atoms with Gasteiger partial charge in [0, 0.05) is 24.2 Å². The highest BCUT2D eigenvalue weighted by Crippen LogP contribution is 2.40. The molecule has 1 heterocycles. The zero-order valence-corrected chi connectivity index (χ0v) is 16.7. The number of fused-ring (bicyclic) bond motifs is 1. The van der Waals surface area contributed by atoms with Crippen LogP contribution >= 0.6 is 0 Å². The lowest BCUT2D eigenvalue weighted by Gasteiger charge is -2.39. The van der Waals surface area contributed by atoms with Gasteiger partial charge < -0.3 is 4.90 Å². The van der Waals surface area contributed by atoms with E-state index < -0.39 is 0 Å². The van der Waals surface area contributed by atoms with Gasteiger partial charge in [-0.3, -0.25) is 0 Å². The third kappa shape index (κ3) is 3.35. The molecule has 4 heteroatoms. The second-order valence-electron chi connectivity index (χ2n) is 7.86. The molecule has 0 radical (unpaired) electrons. The number of para-hydroxylation sites is 1. The third-order valence-corrected chi connectivity index (χ3v) is 5.89. The molecule has 0 spiro atoms. The molecule has 1 atom stereocenters. The zero-order chi connectivity index (χ0) is 19.7. The number of rotatable bonds is 5. The van der Waals surface area contributed by atoms with Crippen LogP contribution in [0.3, 0.4) is 0 Å². The second-order valence-corrected chi connectivity index (χ2v) is 7.86. The first-order valence-corrected chi connectivity index (χ1v) is 9.82. The van der Waals surface area contributed by atoms with Crippen LogP contribution in [0.2, 0.25) is 0 Å². The van der Waals surface area contributed by atoms with E-state index in [1.807, 2.05) is 10.9 Å². The molecule has 0 fully saturated rings. The summed E-state index contributed by atoms with van der Waals surface area (Å²) in [5.41, 5.74) is 5.86. The van der Waals surface area contributed by atoms with Crippen molar-refractivity contribution in [2.24, 2.45) is 5.41 Å². The average Bonchev–Trinajstić information content (AvgIpc) is 3.10. The van der Waals surface area contributed by atoms with Gasteiger partial charge in [0.2, 0.25) is 0 Å². The molecule has 1 unspecified atom stereocenters. The Morgan fingerprint density at radius 3 is 2.50 bits per heavy atom. The molecule has 4 rings (SSSR count). The Morgan fingerprint density at radius 2 is 1.82 bits per heavy atom. The molecule has 0 aliphatic heterocycles. The molecule has 0 N–H and O–H groups in total. The van der Waals surface area contributed by atoms with Crippen molar-refractivity contribution in [3.63, 3.8) is 0 Å². The van der Waals surface area contributed by atoms with Gasteiger partial charge in [-0.1, -0.05) is 30.7 Å². The van der Waals surface area contributed by atoms with E-state index in [0.29, 0.717) is 0 Å². The molecular formula is C24H26FN3. The predicted octanol–water partition coefficient (Wildman–Crippen LogP) is 5.50. The lowest BCUT2D eigenvalue weighted by molar-refractivity contribution is 0.391. The Morgan fingerprint density at radius 1 is 1.11 bits per heavy atom. The van der Waals surface area contributed by atoms with Crippen molar-refractivity contribution in [1.82, 2.24) is 9.78 Å². The number of nitrogens with zero attached hydrogens (tertiary/aromatic N) is 3. The Balaban J connectivity index is 1.64. The van der Waals surface area contributed by atoms with Crippen LogP contribution in [0.1, 0.15) is 32.0 Å². The highest BCUT2D eigenvalue weighted by Gasteiger charge is 2.34. The Labute approximate surface area is 166 Å². The van der Waals surface area contributed by atoms with E-state index in [0.717, 1.165) is 30.9 Å². The van der Waals surface area contributed by atoms with Crippen molar-refractivity contribution >= 4 is 11.8 Å². The minimum Gasteiger partial charge on any atom is -0.371 e. The normalized spacial score (nSPS) is 18.5. The van der Waals surface area contributed by atoms with Crippen molar-refractivity contribution in [1.29, 1.82) is 0 Å². The number of anilines is 1. The molecule has 144 valence electrons. The summed E-state index contributed by atoms with van der Waals surface area (Å²) >= 11 is 0. The van der Waals surface area contributed by atoms with E-state index in [1.165, 1.54) is 29.0 Å². The Bertz CT molecular complexity index is 988. The molecule has 2 aromatic carbocycles. The van der Waals surface area contributed by atoms with Gasteiger partial charge >= 0.3 is 0 Å². The first-order valence-electron chi connectivity index (χ1n) is 9.82. The first kappa shape index (κ1) is 18.5. The van der Waals surface area contributed by atoms with E-state index in [2.05, 4.69) is 67.2 Å². The van der Waals surface area contributed by atoms with E-state index in [-0.39, 0.29) is 11.2 Å². The molecule has 3 aromatic rings. The number of benzene rings is 2. The summed E-state index contributed by atoms with van der Waals surface area (Å²) in [5, 5.41) is 4.59. The maximum atomic E-state index is 13.3. The maximum Gasteiger partial charge on any atom is 0.123 e. The quantitative estimate of drug-likeness (QED) is 0.587. The smallest absolute Gasteiger partial charge is 0.123 e. The molecule has 28 heavy (non-hydrogen) atoms. The van der Waals surface area contributed by atoms with Crippen molar-refractivity contribution < 1.29 is 4.39 Å². The van der Waals surface area contributed by atoms with Gasteiger partial charge in [0.1, 0.15) is 5.82 Å².